The second-order valence-electron chi connectivity index (χ2n) is 6.61. The highest BCUT2D eigenvalue weighted by molar-refractivity contribution is 7.99. The fourth-order valence-electron chi connectivity index (χ4n) is 3.55. The molecular formula is C19H26ClN3O2S. The summed E-state index contributed by atoms with van der Waals surface area (Å²) in [5, 5.41) is 1.51. The number of imidazole rings is 1. The van der Waals surface area contributed by atoms with Crippen LogP contribution in [-0.2, 0) is 16.1 Å². The molecular weight excluding hydrogens is 370 g/mol. The van der Waals surface area contributed by atoms with Crippen LogP contribution in [0.3, 0.4) is 0 Å². The number of benzene rings is 1. The zero-order valence-electron chi connectivity index (χ0n) is 15.4. The molecule has 0 saturated carbocycles. The van der Waals surface area contributed by atoms with Gasteiger partial charge in [-0.05, 0) is 43.9 Å². The van der Waals surface area contributed by atoms with Crippen LogP contribution < -0.4 is 0 Å². The zero-order valence-corrected chi connectivity index (χ0v) is 17.0. The van der Waals surface area contributed by atoms with E-state index in [1.807, 2.05) is 18.2 Å². The normalized spacial score (nSPS) is 17.8. The van der Waals surface area contributed by atoms with Gasteiger partial charge in [0, 0.05) is 31.3 Å². The van der Waals surface area contributed by atoms with Gasteiger partial charge < -0.3 is 14.2 Å². The van der Waals surface area contributed by atoms with Crippen molar-refractivity contribution in [1.29, 1.82) is 0 Å². The Morgan fingerprint density at radius 2 is 2.27 bits per heavy atom. The van der Waals surface area contributed by atoms with Crippen LogP contribution in [0.1, 0.15) is 32.6 Å². The summed E-state index contributed by atoms with van der Waals surface area (Å²) in [7, 11) is 1.69. The van der Waals surface area contributed by atoms with Crippen molar-refractivity contribution in [1.82, 2.24) is 14.5 Å². The molecule has 7 heteroatoms. The quantitative estimate of drug-likeness (QED) is 0.658. The maximum atomic E-state index is 12.8. The Hall–Kier alpha value is -1.24. The minimum absolute atomic E-state index is 0.213. The number of carbonyl (C=O) groups excluding carboxylic acids is 1. The summed E-state index contributed by atoms with van der Waals surface area (Å²) < 4.78 is 7.34. The summed E-state index contributed by atoms with van der Waals surface area (Å²) in [5.74, 6) is 0.630. The molecule has 1 aliphatic rings. The van der Waals surface area contributed by atoms with E-state index in [0.29, 0.717) is 30.0 Å². The molecule has 1 aromatic heterocycles. The number of piperidine rings is 1. The van der Waals surface area contributed by atoms with E-state index in [9.17, 15) is 4.79 Å². The van der Waals surface area contributed by atoms with Gasteiger partial charge in [-0.2, -0.15) is 0 Å². The van der Waals surface area contributed by atoms with Crippen molar-refractivity contribution < 1.29 is 9.53 Å². The zero-order chi connectivity index (χ0) is 18.5. The molecule has 1 aliphatic heterocycles. The fraction of sp³-hybridized carbons (Fsp3) is 0.579. The molecule has 0 aliphatic carbocycles. The number of rotatable bonds is 7. The van der Waals surface area contributed by atoms with E-state index in [1.165, 1.54) is 18.2 Å². The maximum Gasteiger partial charge on any atom is 0.233 e. The van der Waals surface area contributed by atoms with E-state index in [-0.39, 0.29) is 5.91 Å². The van der Waals surface area contributed by atoms with Crippen LogP contribution >= 0.6 is 23.4 Å². The molecule has 0 bridgehead atoms. The molecule has 5 nitrogen and oxygen atoms in total. The first-order chi connectivity index (χ1) is 12.6. The summed E-state index contributed by atoms with van der Waals surface area (Å²) in [4.78, 5) is 19.5. The summed E-state index contributed by atoms with van der Waals surface area (Å²) in [6, 6.07) is 6.10. The van der Waals surface area contributed by atoms with E-state index >= 15 is 0 Å². The summed E-state index contributed by atoms with van der Waals surface area (Å²) in [5.41, 5.74) is 1.87. The van der Waals surface area contributed by atoms with E-state index < -0.39 is 0 Å². The van der Waals surface area contributed by atoms with Gasteiger partial charge in [0.25, 0.3) is 0 Å². The first kappa shape index (κ1) is 19.5. The molecule has 1 unspecified atom stereocenters. The lowest BCUT2D eigenvalue weighted by molar-refractivity contribution is -0.132. The molecule has 1 amide bonds. The predicted octanol–water partition coefficient (Wildman–Crippen LogP) is 4.22. The van der Waals surface area contributed by atoms with Crippen molar-refractivity contribution in [3.05, 3.63) is 23.2 Å². The number of ether oxygens (including phenoxy) is 1. The average Bonchev–Trinajstić information content (AvgIpc) is 3.00. The van der Waals surface area contributed by atoms with Crippen LogP contribution in [0, 0.1) is 0 Å². The topological polar surface area (TPSA) is 47.4 Å². The third-order valence-electron chi connectivity index (χ3n) is 4.94. The minimum Gasteiger partial charge on any atom is -0.383 e. The summed E-state index contributed by atoms with van der Waals surface area (Å²) in [6.07, 6.45) is 4.49. The molecule has 142 valence electrons. The lowest BCUT2D eigenvalue weighted by Gasteiger charge is -2.35. The van der Waals surface area contributed by atoms with Gasteiger partial charge >= 0.3 is 0 Å². The van der Waals surface area contributed by atoms with Gasteiger partial charge in [-0.15, -0.1) is 0 Å². The molecule has 1 aromatic carbocycles. The number of nitrogens with zero attached hydrogens (tertiary/aromatic N) is 3. The number of aromatic nitrogens is 2. The third-order valence-corrected chi connectivity index (χ3v) is 6.13. The second-order valence-corrected chi connectivity index (χ2v) is 7.98. The van der Waals surface area contributed by atoms with Gasteiger partial charge in [0.1, 0.15) is 0 Å². The van der Waals surface area contributed by atoms with Gasteiger partial charge in [0.05, 0.1) is 23.4 Å². The average molecular weight is 396 g/mol. The van der Waals surface area contributed by atoms with Crippen LogP contribution in [0.15, 0.2) is 23.4 Å². The van der Waals surface area contributed by atoms with Crippen LogP contribution in [0.25, 0.3) is 11.0 Å². The first-order valence-corrected chi connectivity index (χ1v) is 10.6. The molecule has 2 heterocycles. The van der Waals surface area contributed by atoms with Gasteiger partial charge in [0.15, 0.2) is 5.16 Å². The van der Waals surface area contributed by atoms with Gasteiger partial charge in [0.2, 0.25) is 5.91 Å². The molecule has 0 N–H and O–H groups in total. The van der Waals surface area contributed by atoms with Crippen molar-refractivity contribution in [2.24, 2.45) is 0 Å². The summed E-state index contributed by atoms with van der Waals surface area (Å²) >= 11 is 7.61. The van der Waals surface area contributed by atoms with Crippen LogP contribution in [0.2, 0.25) is 5.02 Å². The highest BCUT2D eigenvalue weighted by Gasteiger charge is 2.25. The van der Waals surface area contributed by atoms with Crippen LogP contribution in [0.5, 0.6) is 0 Å². The number of carbonyl (C=O) groups is 1. The Bertz CT molecular complexity index is 765. The first-order valence-electron chi connectivity index (χ1n) is 9.21. The minimum atomic E-state index is 0.213. The highest BCUT2D eigenvalue weighted by atomic mass is 35.5. The molecule has 3 rings (SSSR count). The SMILES string of the molecule is CCC1CCCCN1C(=O)CSc1nc2cc(Cl)ccc2n1CCOC. The van der Waals surface area contributed by atoms with Crippen LogP contribution in [0.4, 0.5) is 0 Å². The largest absolute Gasteiger partial charge is 0.383 e. The highest BCUT2D eigenvalue weighted by Crippen LogP contribution is 2.27. The predicted molar refractivity (Wildman–Crippen MR) is 107 cm³/mol. The van der Waals surface area contributed by atoms with Crippen molar-refractivity contribution in [3.63, 3.8) is 0 Å². The monoisotopic (exact) mass is 395 g/mol. The number of likely N-dealkylation sites (tertiary alicyclic amines) is 1. The van der Waals surface area contributed by atoms with E-state index in [2.05, 4.69) is 16.4 Å². The number of methoxy groups -OCH3 is 1. The Morgan fingerprint density at radius 3 is 3.04 bits per heavy atom. The second kappa shape index (κ2) is 9.11. The Balaban J connectivity index is 1.75. The smallest absolute Gasteiger partial charge is 0.233 e. The van der Waals surface area contributed by atoms with Crippen molar-refractivity contribution in [2.45, 2.75) is 50.4 Å². The lowest BCUT2D eigenvalue weighted by Crippen LogP contribution is -2.44. The van der Waals surface area contributed by atoms with Gasteiger partial charge in [-0.25, -0.2) is 4.98 Å². The molecule has 1 atom stereocenters. The van der Waals surface area contributed by atoms with Crippen LogP contribution in [-0.4, -0.2) is 52.4 Å². The molecule has 26 heavy (non-hydrogen) atoms. The maximum absolute atomic E-state index is 12.8. The summed E-state index contributed by atoms with van der Waals surface area (Å²) in [6.45, 7) is 4.34. The fourth-order valence-corrected chi connectivity index (χ4v) is 4.65. The van der Waals surface area contributed by atoms with E-state index in [1.54, 1.807) is 7.11 Å². The molecule has 1 saturated heterocycles. The van der Waals surface area contributed by atoms with Crippen molar-refractivity contribution >= 4 is 40.3 Å². The Kier molecular flexibility index (Phi) is 6.84. The number of hydrogen-bond donors (Lipinski definition) is 0. The molecule has 0 radical (unpaired) electrons. The lowest BCUT2D eigenvalue weighted by atomic mass is 10.0. The third kappa shape index (κ3) is 4.35. The Labute approximate surface area is 164 Å². The van der Waals surface area contributed by atoms with E-state index in [4.69, 9.17) is 21.3 Å². The van der Waals surface area contributed by atoms with E-state index in [0.717, 1.165) is 42.0 Å². The van der Waals surface area contributed by atoms with Gasteiger partial charge in [-0.3, -0.25) is 4.79 Å². The number of fused-ring (bicyclic) bond motifs is 1. The number of halogens is 1. The Morgan fingerprint density at radius 1 is 1.42 bits per heavy atom. The van der Waals surface area contributed by atoms with Crippen molar-refractivity contribution in [3.8, 4) is 0 Å². The molecule has 0 spiro atoms. The van der Waals surface area contributed by atoms with Crippen molar-refractivity contribution in [2.75, 3.05) is 26.0 Å². The molecule has 1 fully saturated rings. The van der Waals surface area contributed by atoms with Gasteiger partial charge in [-0.1, -0.05) is 30.3 Å². The number of hydrogen-bond acceptors (Lipinski definition) is 4. The number of amides is 1. The molecule has 2 aromatic rings. The standard InChI is InChI=1S/C19H26ClN3O2S/c1-3-15-6-4-5-9-22(15)18(24)13-26-19-21-16-12-14(20)7-8-17(16)23(19)10-11-25-2/h7-8,12,15H,3-6,9-11,13H2,1-2H3. The number of thioether (sulfide) groups is 1.